The number of nitrogens with zero attached hydrogens (tertiary/aromatic N) is 5. The SMILES string of the molecule is Cc1nc(CN2CCN(C(=O)C3CN(C(=O)OC(C)(C)C)C3)CC2)n[nH]1. The summed E-state index contributed by atoms with van der Waals surface area (Å²) in [4.78, 5) is 34.6. The molecule has 0 radical (unpaired) electrons. The first-order valence-corrected chi connectivity index (χ1v) is 9.08. The van der Waals surface area contributed by atoms with Gasteiger partial charge in [0.25, 0.3) is 0 Å². The highest BCUT2D eigenvalue weighted by molar-refractivity contribution is 5.82. The zero-order valence-corrected chi connectivity index (χ0v) is 16.0. The first kappa shape index (κ1) is 18.6. The predicted octanol–water partition coefficient (Wildman–Crippen LogP) is 0.624. The number of amides is 2. The lowest BCUT2D eigenvalue weighted by Crippen LogP contribution is -2.59. The van der Waals surface area contributed by atoms with Crippen LogP contribution in [0.3, 0.4) is 0 Å². The molecule has 1 N–H and O–H groups in total. The molecule has 9 nitrogen and oxygen atoms in total. The first-order valence-electron chi connectivity index (χ1n) is 9.08. The number of hydrogen-bond donors (Lipinski definition) is 1. The minimum atomic E-state index is -0.510. The second-order valence-corrected chi connectivity index (χ2v) is 8.02. The Kier molecular flexibility index (Phi) is 5.17. The average molecular weight is 364 g/mol. The molecule has 0 aliphatic carbocycles. The van der Waals surface area contributed by atoms with E-state index in [-0.39, 0.29) is 17.9 Å². The minimum Gasteiger partial charge on any atom is -0.444 e. The molecule has 9 heteroatoms. The normalized spacial score (nSPS) is 19.4. The standard InChI is InChI=1S/C17H28N6O3/c1-12-18-14(20-19-12)11-21-5-7-22(8-6-21)15(24)13-9-23(10-13)16(25)26-17(2,3)4/h13H,5-11H2,1-4H3,(H,18,19,20). The summed E-state index contributed by atoms with van der Waals surface area (Å²) in [7, 11) is 0. The lowest BCUT2D eigenvalue weighted by molar-refractivity contribution is -0.142. The molecule has 0 spiro atoms. The summed E-state index contributed by atoms with van der Waals surface area (Å²) in [6.07, 6.45) is -0.340. The summed E-state index contributed by atoms with van der Waals surface area (Å²) in [5.74, 6) is 1.63. The number of carbonyl (C=O) groups is 2. The van der Waals surface area contributed by atoms with Crippen LogP contribution in [0.2, 0.25) is 0 Å². The highest BCUT2D eigenvalue weighted by Crippen LogP contribution is 2.22. The Morgan fingerprint density at radius 3 is 2.35 bits per heavy atom. The maximum atomic E-state index is 12.6. The quantitative estimate of drug-likeness (QED) is 0.845. The van der Waals surface area contributed by atoms with Gasteiger partial charge < -0.3 is 14.5 Å². The number of nitrogens with one attached hydrogen (secondary N) is 1. The van der Waals surface area contributed by atoms with Crippen LogP contribution in [0.25, 0.3) is 0 Å². The van der Waals surface area contributed by atoms with Crippen molar-refractivity contribution in [3.63, 3.8) is 0 Å². The molecule has 26 heavy (non-hydrogen) atoms. The molecule has 2 saturated heterocycles. The maximum absolute atomic E-state index is 12.6. The van der Waals surface area contributed by atoms with E-state index in [0.717, 1.165) is 24.7 Å². The van der Waals surface area contributed by atoms with Crippen molar-refractivity contribution in [3.05, 3.63) is 11.6 Å². The molecule has 3 heterocycles. The summed E-state index contributed by atoms with van der Waals surface area (Å²) in [6.45, 7) is 12.0. The van der Waals surface area contributed by atoms with Crippen LogP contribution in [0, 0.1) is 12.8 Å². The molecule has 144 valence electrons. The highest BCUT2D eigenvalue weighted by atomic mass is 16.6. The number of aromatic amines is 1. The number of H-pyrrole nitrogens is 1. The lowest BCUT2D eigenvalue weighted by atomic mass is 9.98. The molecular formula is C17H28N6O3. The van der Waals surface area contributed by atoms with Gasteiger partial charge in [-0.3, -0.25) is 14.8 Å². The van der Waals surface area contributed by atoms with Crippen LogP contribution in [0.15, 0.2) is 0 Å². The molecule has 0 atom stereocenters. The molecule has 2 aliphatic heterocycles. The van der Waals surface area contributed by atoms with E-state index in [1.165, 1.54) is 0 Å². The zero-order chi connectivity index (χ0) is 18.9. The van der Waals surface area contributed by atoms with Gasteiger partial charge in [-0.2, -0.15) is 5.10 Å². The van der Waals surface area contributed by atoms with E-state index in [0.29, 0.717) is 32.7 Å². The van der Waals surface area contributed by atoms with Gasteiger partial charge in [0.05, 0.1) is 12.5 Å². The summed E-state index contributed by atoms with van der Waals surface area (Å²) in [5.41, 5.74) is -0.510. The van der Waals surface area contributed by atoms with Gasteiger partial charge in [-0.15, -0.1) is 0 Å². The molecule has 0 bridgehead atoms. The Balaban J connectivity index is 1.40. The van der Waals surface area contributed by atoms with Crippen molar-refractivity contribution in [1.82, 2.24) is 29.9 Å². The molecule has 0 unspecified atom stereocenters. The number of aryl methyl sites for hydroxylation is 1. The van der Waals surface area contributed by atoms with Crippen molar-refractivity contribution in [3.8, 4) is 0 Å². The molecule has 3 rings (SSSR count). The van der Waals surface area contributed by atoms with E-state index in [2.05, 4.69) is 20.1 Å². The fourth-order valence-corrected chi connectivity index (χ4v) is 3.15. The second-order valence-electron chi connectivity index (χ2n) is 8.02. The van der Waals surface area contributed by atoms with Crippen LogP contribution in [0.1, 0.15) is 32.4 Å². The maximum Gasteiger partial charge on any atom is 0.410 e. The summed E-state index contributed by atoms with van der Waals surface area (Å²) < 4.78 is 5.33. The van der Waals surface area contributed by atoms with Crippen LogP contribution in [0.4, 0.5) is 4.79 Å². The van der Waals surface area contributed by atoms with Gasteiger partial charge in [0.15, 0.2) is 5.82 Å². The summed E-state index contributed by atoms with van der Waals surface area (Å²) in [5, 5.41) is 7.00. The van der Waals surface area contributed by atoms with Crippen molar-refractivity contribution in [2.24, 2.45) is 5.92 Å². The largest absolute Gasteiger partial charge is 0.444 e. The van der Waals surface area contributed by atoms with Crippen molar-refractivity contribution in [2.45, 2.75) is 39.8 Å². The van der Waals surface area contributed by atoms with E-state index in [1.54, 1.807) is 4.90 Å². The number of aromatic nitrogens is 3. The predicted molar refractivity (Wildman–Crippen MR) is 94.3 cm³/mol. The average Bonchev–Trinajstić information content (AvgIpc) is 2.89. The van der Waals surface area contributed by atoms with Crippen LogP contribution < -0.4 is 0 Å². The van der Waals surface area contributed by atoms with Crippen molar-refractivity contribution >= 4 is 12.0 Å². The topological polar surface area (TPSA) is 94.7 Å². The Labute approximate surface area is 153 Å². The van der Waals surface area contributed by atoms with Crippen molar-refractivity contribution in [1.29, 1.82) is 0 Å². The van der Waals surface area contributed by atoms with E-state index in [1.807, 2.05) is 32.6 Å². The van der Waals surface area contributed by atoms with Gasteiger partial charge >= 0.3 is 6.09 Å². The fourth-order valence-electron chi connectivity index (χ4n) is 3.15. The second kappa shape index (κ2) is 7.22. The van der Waals surface area contributed by atoms with Crippen LogP contribution in [-0.2, 0) is 16.1 Å². The lowest BCUT2D eigenvalue weighted by Gasteiger charge is -2.42. The van der Waals surface area contributed by atoms with Gasteiger partial charge in [-0.25, -0.2) is 9.78 Å². The third kappa shape index (κ3) is 4.51. The van der Waals surface area contributed by atoms with Crippen LogP contribution in [0.5, 0.6) is 0 Å². The van der Waals surface area contributed by atoms with Gasteiger partial charge in [0.1, 0.15) is 11.4 Å². The Morgan fingerprint density at radius 1 is 1.15 bits per heavy atom. The van der Waals surface area contributed by atoms with E-state index in [9.17, 15) is 9.59 Å². The Bertz CT molecular complexity index is 654. The molecular weight excluding hydrogens is 336 g/mol. The Morgan fingerprint density at radius 2 is 1.81 bits per heavy atom. The van der Waals surface area contributed by atoms with Gasteiger partial charge in [0, 0.05) is 39.3 Å². The molecule has 1 aromatic heterocycles. The zero-order valence-electron chi connectivity index (χ0n) is 16.0. The van der Waals surface area contributed by atoms with Crippen LogP contribution in [-0.4, -0.2) is 86.8 Å². The molecule has 2 fully saturated rings. The van der Waals surface area contributed by atoms with E-state index >= 15 is 0 Å². The monoisotopic (exact) mass is 364 g/mol. The number of hydrogen-bond acceptors (Lipinski definition) is 6. The summed E-state index contributed by atoms with van der Waals surface area (Å²) in [6, 6.07) is 0. The first-order chi connectivity index (χ1) is 12.2. The van der Waals surface area contributed by atoms with Crippen LogP contribution >= 0.6 is 0 Å². The number of ether oxygens (including phenoxy) is 1. The van der Waals surface area contributed by atoms with Crippen molar-refractivity contribution < 1.29 is 14.3 Å². The fraction of sp³-hybridized carbons (Fsp3) is 0.765. The third-order valence-electron chi connectivity index (χ3n) is 4.57. The van der Waals surface area contributed by atoms with Gasteiger partial charge in [-0.05, 0) is 27.7 Å². The molecule has 1 aromatic rings. The van der Waals surface area contributed by atoms with Gasteiger partial charge in [0.2, 0.25) is 5.91 Å². The number of rotatable bonds is 3. The van der Waals surface area contributed by atoms with Gasteiger partial charge in [-0.1, -0.05) is 0 Å². The van der Waals surface area contributed by atoms with E-state index in [4.69, 9.17) is 4.74 Å². The summed E-state index contributed by atoms with van der Waals surface area (Å²) >= 11 is 0. The molecule has 0 saturated carbocycles. The molecule has 2 amide bonds. The Hall–Kier alpha value is -2.16. The molecule has 0 aromatic carbocycles. The van der Waals surface area contributed by atoms with E-state index < -0.39 is 5.60 Å². The molecule has 2 aliphatic rings. The number of carbonyl (C=O) groups excluding carboxylic acids is 2. The highest BCUT2D eigenvalue weighted by Gasteiger charge is 2.40. The number of likely N-dealkylation sites (tertiary alicyclic amines) is 1. The smallest absolute Gasteiger partial charge is 0.410 e. The minimum absolute atomic E-state index is 0.107. The van der Waals surface area contributed by atoms with Crippen molar-refractivity contribution in [2.75, 3.05) is 39.3 Å². The third-order valence-corrected chi connectivity index (χ3v) is 4.57. The number of piperazine rings is 1.